The molecule has 2 aromatic carbocycles. The molecule has 2 aromatic rings. The molecule has 176 valence electrons. The lowest BCUT2D eigenvalue weighted by atomic mass is 9.72. The fraction of sp³-hybridized carbons (Fsp3) is 0.500. The fourth-order valence-corrected chi connectivity index (χ4v) is 5.80. The maximum absolute atomic E-state index is 10.7. The lowest BCUT2D eigenvalue weighted by Gasteiger charge is -2.54. The molecule has 0 aliphatic carbocycles. The van der Waals surface area contributed by atoms with Crippen LogP contribution in [0.2, 0.25) is 5.02 Å². The Hall–Kier alpha value is -2.28. The van der Waals surface area contributed by atoms with Gasteiger partial charge in [0.2, 0.25) is 0 Å². The highest BCUT2D eigenvalue weighted by molar-refractivity contribution is 6.30. The normalized spacial score (nSPS) is 28.1. The van der Waals surface area contributed by atoms with Crippen molar-refractivity contribution in [1.82, 2.24) is 4.90 Å². The van der Waals surface area contributed by atoms with Crippen molar-refractivity contribution in [2.45, 2.75) is 63.5 Å². The summed E-state index contributed by atoms with van der Waals surface area (Å²) in [5.74, 6) is 0.701. The molecule has 0 unspecified atom stereocenters. The molecule has 2 fully saturated rings. The number of carbonyl (C=O) groups is 1. The van der Waals surface area contributed by atoms with E-state index in [-0.39, 0.29) is 30.3 Å². The standard InChI is InChI=1S/C26H30ClNO5/c1-26(2)20-13-21-23(32-25(20)19-12-17(27)7-10-22(19)33-26)4-3-11-28(21)14-16-5-8-18(9-6-16)31-15-24(29)30/h5-10,12,20-21,23,25H,3-4,11,13-15H2,1-2H3,(H,29,30)/t20-,21-,23-,25+/m0/s1. The van der Waals surface area contributed by atoms with Crippen molar-refractivity contribution in [3.63, 3.8) is 0 Å². The fourth-order valence-electron chi connectivity index (χ4n) is 5.61. The number of benzene rings is 2. The molecule has 0 radical (unpaired) electrons. The molecule has 6 nitrogen and oxygen atoms in total. The number of hydrogen-bond acceptors (Lipinski definition) is 5. The molecule has 2 saturated heterocycles. The molecule has 4 atom stereocenters. The number of carboxylic acids is 1. The topological polar surface area (TPSA) is 68.2 Å². The molecule has 3 heterocycles. The number of likely N-dealkylation sites (tertiary alicyclic amines) is 1. The van der Waals surface area contributed by atoms with E-state index in [2.05, 4.69) is 18.7 Å². The van der Waals surface area contributed by atoms with E-state index in [1.807, 2.05) is 42.5 Å². The van der Waals surface area contributed by atoms with E-state index in [0.29, 0.717) is 16.8 Å². The predicted molar refractivity (Wildman–Crippen MR) is 125 cm³/mol. The zero-order chi connectivity index (χ0) is 23.2. The van der Waals surface area contributed by atoms with Crippen LogP contribution in [-0.2, 0) is 16.1 Å². The second-order valence-corrected chi connectivity index (χ2v) is 10.3. The molecule has 0 aromatic heterocycles. The number of fused-ring (bicyclic) bond motifs is 4. The minimum atomic E-state index is -0.978. The molecule has 5 rings (SSSR count). The van der Waals surface area contributed by atoms with Crippen LogP contribution in [-0.4, -0.2) is 46.9 Å². The SMILES string of the molecule is CC1(C)Oc2ccc(Cl)cc2[C@H]2O[C@H]3CCCN(Cc4ccc(OCC(=O)O)cc4)[C@H]3C[C@@H]21. The summed E-state index contributed by atoms with van der Waals surface area (Å²) in [5.41, 5.74) is 1.92. The summed E-state index contributed by atoms with van der Waals surface area (Å²) in [5, 5.41) is 9.49. The van der Waals surface area contributed by atoms with E-state index < -0.39 is 5.97 Å². The summed E-state index contributed by atoms with van der Waals surface area (Å²) in [6, 6.07) is 13.9. The van der Waals surface area contributed by atoms with E-state index in [4.69, 9.17) is 30.9 Å². The van der Waals surface area contributed by atoms with Crippen LogP contribution in [0.5, 0.6) is 11.5 Å². The van der Waals surface area contributed by atoms with Crippen LogP contribution >= 0.6 is 11.6 Å². The second-order valence-electron chi connectivity index (χ2n) is 9.83. The molecule has 33 heavy (non-hydrogen) atoms. The Labute approximate surface area is 199 Å². The molecule has 1 N–H and O–H groups in total. The van der Waals surface area contributed by atoms with Crippen LogP contribution in [0.3, 0.4) is 0 Å². The highest BCUT2D eigenvalue weighted by Crippen LogP contribution is 2.52. The lowest BCUT2D eigenvalue weighted by molar-refractivity contribution is -0.190. The number of aliphatic carboxylic acids is 1. The Morgan fingerprint density at radius 1 is 1.24 bits per heavy atom. The summed E-state index contributed by atoms with van der Waals surface area (Å²) in [4.78, 5) is 13.2. The molecule has 3 aliphatic rings. The third-order valence-electron chi connectivity index (χ3n) is 7.23. The number of nitrogens with zero attached hydrogens (tertiary/aromatic N) is 1. The van der Waals surface area contributed by atoms with Crippen LogP contribution in [0.4, 0.5) is 0 Å². The van der Waals surface area contributed by atoms with Gasteiger partial charge >= 0.3 is 5.97 Å². The van der Waals surface area contributed by atoms with Gasteiger partial charge in [-0.3, -0.25) is 4.90 Å². The predicted octanol–water partition coefficient (Wildman–Crippen LogP) is 5.09. The average Bonchev–Trinajstić information content (AvgIpc) is 2.78. The number of halogens is 1. The first-order valence-corrected chi connectivity index (χ1v) is 12.0. The minimum absolute atomic E-state index is 0.00526. The number of hydrogen-bond donors (Lipinski definition) is 1. The summed E-state index contributed by atoms with van der Waals surface area (Å²) < 4.78 is 18.5. The lowest BCUT2D eigenvalue weighted by Crippen LogP contribution is -2.58. The Morgan fingerprint density at radius 3 is 2.79 bits per heavy atom. The van der Waals surface area contributed by atoms with Gasteiger partial charge in [-0.1, -0.05) is 23.7 Å². The third-order valence-corrected chi connectivity index (χ3v) is 7.47. The largest absolute Gasteiger partial charge is 0.487 e. The van der Waals surface area contributed by atoms with Gasteiger partial charge in [-0.15, -0.1) is 0 Å². The summed E-state index contributed by atoms with van der Waals surface area (Å²) in [6.07, 6.45) is 3.34. The van der Waals surface area contributed by atoms with Gasteiger partial charge in [0.15, 0.2) is 6.61 Å². The second kappa shape index (κ2) is 8.82. The van der Waals surface area contributed by atoms with Gasteiger partial charge in [-0.05, 0) is 75.5 Å². The monoisotopic (exact) mass is 471 g/mol. The number of carboxylic acid groups (broad SMARTS) is 1. The van der Waals surface area contributed by atoms with Crippen molar-refractivity contribution in [1.29, 1.82) is 0 Å². The van der Waals surface area contributed by atoms with Crippen LogP contribution in [0.25, 0.3) is 0 Å². The molecular formula is C26H30ClNO5. The van der Waals surface area contributed by atoms with E-state index in [1.54, 1.807) is 0 Å². The Bertz CT molecular complexity index is 1020. The Balaban J connectivity index is 1.33. The summed E-state index contributed by atoms with van der Waals surface area (Å²) >= 11 is 6.32. The van der Waals surface area contributed by atoms with Crippen LogP contribution < -0.4 is 9.47 Å². The van der Waals surface area contributed by atoms with Crippen molar-refractivity contribution in [3.8, 4) is 11.5 Å². The van der Waals surface area contributed by atoms with Gasteiger partial charge in [0.25, 0.3) is 0 Å². The smallest absolute Gasteiger partial charge is 0.341 e. The molecule has 0 amide bonds. The first-order chi connectivity index (χ1) is 15.8. The van der Waals surface area contributed by atoms with Gasteiger partial charge in [-0.25, -0.2) is 4.79 Å². The van der Waals surface area contributed by atoms with Gasteiger partial charge < -0.3 is 19.3 Å². The van der Waals surface area contributed by atoms with E-state index in [0.717, 1.165) is 43.7 Å². The average molecular weight is 472 g/mol. The van der Waals surface area contributed by atoms with Crippen LogP contribution in [0, 0.1) is 5.92 Å². The maximum atomic E-state index is 10.7. The van der Waals surface area contributed by atoms with E-state index in [9.17, 15) is 4.79 Å². The van der Waals surface area contributed by atoms with Gasteiger partial charge in [0.05, 0.1) is 12.2 Å². The van der Waals surface area contributed by atoms with Crippen LogP contribution in [0.1, 0.15) is 50.3 Å². The van der Waals surface area contributed by atoms with E-state index in [1.165, 1.54) is 5.56 Å². The summed E-state index contributed by atoms with van der Waals surface area (Å²) in [7, 11) is 0. The number of rotatable bonds is 5. The van der Waals surface area contributed by atoms with Gasteiger partial charge in [0.1, 0.15) is 17.1 Å². The number of piperidine rings is 1. The molecular weight excluding hydrogens is 442 g/mol. The Kier molecular flexibility index (Phi) is 6.02. The van der Waals surface area contributed by atoms with Crippen molar-refractivity contribution in [3.05, 3.63) is 58.6 Å². The third kappa shape index (κ3) is 4.57. The molecule has 0 spiro atoms. The molecule has 7 heteroatoms. The molecule has 0 bridgehead atoms. The van der Waals surface area contributed by atoms with Crippen molar-refractivity contribution in [2.24, 2.45) is 5.92 Å². The maximum Gasteiger partial charge on any atom is 0.341 e. The summed E-state index contributed by atoms with van der Waals surface area (Å²) in [6.45, 7) is 5.85. The van der Waals surface area contributed by atoms with E-state index >= 15 is 0 Å². The zero-order valence-corrected chi connectivity index (χ0v) is 19.8. The number of ether oxygens (including phenoxy) is 3. The Morgan fingerprint density at radius 2 is 2.03 bits per heavy atom. The highest BCUT2D eigenvalue weighted by Gasteiger charge is 2.52. The zero-order valence-electron chi connectivity index (χ0n) is 19.0. The van der Waals surface area contributed by atoms with Crippen molar-refractivity contribution in [2.75, 3.05) is 13.2 Å². The molecule has 3 aliphatic heterocycles. The van der Waals surface area contributed by atoms with Crippen molar-refractivity contribution >= 4 is 17.6 Å². The first kappa shape index (κ1) is 22.5. The van der Waals surface area contributed by atoms with Crippen LogP contribution in [0.15, 0.2) is 42.5 Å². The first-order valence-electron chi connectivity index (χ1n) is 11.6. The minimum Gasteiger partial charge on any atom is -0.487 e. The quantitative estimate of drug-likeness (QED) is 0.655. The van der Waals surface area contributed by atoms with Gasteiger partial charge in [0, 0.05) is 29.1 Å². The van der Waals surface area contributed by atoms with Gasteiger partial charge in [-0.2, -0.15) is 0 Å². The highest BCUT2D eigenvalue weighted by atomic mass is 35.5. The molecule has 0 saturated carbocycles. The van der Waals surface area contributed by atoms with Crippen molar-refractivity contribution < 1.29 is 24.1 Å².